The van der Waals surface area contributed by atoms with Crippen molar-refractivity contribution in [2.24, 2.45) is 5.84 Å². The molecule has 4 nitrogen and oxygen atoms in total. The van der Waals surface area contributed by atoms with Crippen molar-refractivity contribution >= 4 is 33.8 Å². The molecule has 3 rings (SSSR count). The van der Waals surface area contributed by atoms with Crippen LogP contribution in [0.4, 0.5) is 0 Å². The minimum absolute atomic E-state index is 0.0267. The standard InChI is InChI=1S/C15H17ClN4S/c1-2-20-14-6-4-3-5-10(14)12(19-20)9-13(18-17)15-11(16)7-8-21-15/h3-8,13,18H,2,9,17H2,1H3. The number of nitrogens with two attached hydrogens (primary N) is 1. The molecule has 0 saturated carbocycles. The first kappa shape index (κ1) is 14.5. The van der Waals surface area contributed by atoms with Crippen molar-refractivity contribution in [3.8, 4) is 0 Å². The number of aromatic nitrogens is 2. The zero-order chi connectivity index (χ0) is 14.8. The van der Waals surface area contributed by atoms with E-state index in [2.05, 4.69) is 24.5 Å². The summed E-state index contributed by atoms with van der Waals surface area (Å²) in [6.45, 7) is 2.94. The van der Waals surface area contributed by atoms with E-state index in [0.717, 1.165) is 27.7 Å². The molecular weight excluding hydrogens is 304 g/mol. The number of fused-ring (bicyclic) bond motifs is 1. The van der Waals surface area contributed by atoms with Gasteiger partial charge in [-0.3, -0.25) is 16.0 Å². The molecule has 0 radical (unpaired) electrons. The van der Waals surface area contributed by atoms with Gasteiger partial charge in [-0.1, -0.05) is 29.8 Å². The number of nitrogens with one attached hydrogen (secondary N) is 1. The Kier molecular flexibility index (Phi) is 4.26. The summed E-state index contributed by atoms with van der Waals surface area (Å²) in [4.78, 5) is 1.05. The third-order valence-corrected chi connectivity index (χ3v) is 5.07. The Balaban J connectivity index is 1.99. The van der Waals surface area contributed by atoms with Crippen LogP contribution in [0.15, 0.2) is 35.7 Å². The largest absolute Gasteiger partial charge is 0.271 e. The second-order valence-corrected chi connectivity index (χ2v) is 6.19. The first-order chi connectivity index (χ1) is 10.2. The van der Waals surface area contributed by atoms with Crippen LogP contribution in [0.3, 0.4) is 0 Å². The lowest BCUT2D eigenvalue weighted by molar-refractivity contribution is 0.547. The third kappa shape index (κ3) is 2.70. The van der Waals surface area contributed by atoms with Crippen LogP contribution in [0.25, 0.3) is 10.9 Å². The fourth-order valence-electron chi connectivity index (χ4n) is 2.56. The second kappa shape index (κ2) is 6.15. The van der Waals surface area contributed by atoms with Crippen molar-refractivity contribution in [2.45, 2.75) is 25.9 Å². The predicted octanol–water partition coefficient (Wildman–Crippen LogP) is 3.52. The molecule has 3 N–H and O–H groups in total. The molecule has 1 atom stereocenters. The summed E-state index contributed by atoms with van der Waals surface area (Å²) in [5.74, 6) is 5.73. The SMILES string of the molecule is CCn1nc(CC(NN)c2sccc2Cl)c2ccccc21. The van der Waals surface area contributed by atoms with Crippen LogP contribution in [0.5, 0.6) is 0 Å². The van der Waals surface area contributed by atoms with Gasteiger partial charge in [-0.2, -0.15) is 5.10 Å². The maximum Gasteiger partial charge on any atom is 0.0723 e. The summed E-state index contributed by atoms with van der Waals surface area (Å²) < 4.78 is 2.02. The van der Waals surface area contributed by atoms with Crippen LogP contribution >= 0.6 is 22.9 Å². The Morgan fingerprint density at radius 2 is 2.19 bits per heavy atom. The average molecular weight is 321 g/mol. The summed E-state index contributed by atoms with van der Waals surface area (Å²) in [6.07, 6.45) is 0.713. The molecule has 0 spiro atoms. The number of aryl methyl sites for hydroxylation is 1. The van der Waals surface area contributed by atoms with Crippen LogP contribution in [0, 0.1) is 0 Å². The minimum atomic E-state index is -0.0267. The monoisotopic (exact) mass is 320 g/mol. The van der Waals surface area contributed by atoms with E-state index in [-0.39, 0.29) is 6.04 Å². The van der Waals surface area contributed by atoms with E-state index in [1.165, 1.54) is 5.39 Å². The van der Waals surface area contributed by atoms with Crippen LogP contribution in [-0.4, -0.2) is 9.78 Å². The molecule has 21 heavy (non-hydrogen) atoms. The molecular formula is C15H17ClN4S. The highest BCUT2D eigenvalue weighted by molar-refractivity contribution is 7.10. The Morgan fingerprint density at radius 1 is 1.38 bits per heavy atom. The van der Waals surface area contributed by atoms with Crippen LogP contribution in [0.2, 0.25) is 5.02 Å². The first-order valence-corrected chi connectivity index (χ1v) is 8.13. The summed E-state index contributed by atoms with van der Waals surface area (Å²) in [6, 6.07) is 10.1. The zero-order valence-electron chi connectivity index (χ0n) is 11.7. The van der Waals surface area contributed by atoms with Crippen molar-refractivity contribution in [3.05, 3.63) is 51.3 Å². The van der Waals surface area contributed by atoms with Gasteiger partial charge < -0.3 is 0 Å². The van der Waals surface area contributed by atoms with Gasteiger partial charge in [0.2, 0.25) is 0 Å². The molecule has 0 bridgehead atoms. The fourth-order valence-corrected chi connectivity index (χ4v) is 3.81. The summed E-state index contributed by atoms with van der Waals surface area (Å²) >= 11 is 7.83. The Bertz CT molecular complexity index is 749. The third-order valence-electron chi connectivity index (χ3n) is 3.59. The lowest BCUT2D eigenvalue weighted by Crippen LogP contribution is -2.29. The fraction of sp³-hybridized carbons (Fsp3) is 0.267. The number of hydrogen-bond acceptors (Lipinski definition) is 4. The number of halogens is 1. The van der Waals surface area contributed by atoms with Gasteiger partial charge >= 0.3 is 0 Å². The Hall–Kier alpha value is -1.40. The number of rotatable bonds is 5. The zero-order valence-corrected chi connectivity index (χ0v) is 13.3. The van der Waals surface area contributed by atoms with Gasteiger partial charge in [-0.15, -0.1) is 11.3 Å². The first-order valence-electron chi connectivity index (χ1n) is 6.88. The van der Waals surface area contributed by atoms with Crippen molar-refractivity contribution < 1.29 is 0 Å². The average Bonchev–Trinajstić information content (AvgIpc) is 3.09. The van der Waals surface area contributed by atoms with Crippen LogP contribution < -0.4 is 11.3 Å². The lowest BCUT2D eigenvalue weighted by atomic mass is 10.1. The molecule has 6 heteroatoms. The van der Waals surface area contributed by atoms with E-state index < -0.39 is 0 Å². The number of para-hydroxylation sites is 1. The topological polar surface area (TPSA) is 55.9 Å². The number of hydrogen-bond donors (Lipinski definition) is 2. The van der Waals surface area contributed by atoms with Gasteiger partial charge in [0.15, 0.2) is 0 Å². The van der Waals surface area contributed by atoms with Gasteiger partial charge in [-0.25, -0.2) is 0 Å². The molecule has 0 aliphatic carbocycles. The molecule has 0 fully saturated rings. The molecule has 2 aromatic heterocycles. The van der Waals surface area contributed by atoms with Gasteiger partial charge in [0.25, 0.3) is 0 Å². The van der Waals surface area contributed by atoms with Crippen LogP contribution in [0.1, 0.15) is 23.5 Å². The molecule has 110 valence electrons. The van der Waals surface area contributed by atoms with Gasteiger partial charge in [0, 0.05) is 23.2 Å². The highest BCUT2D eigenvalue weighted by Gasteiger charge is 2.19. The van der Waals surface area contributed by atoms with Gasteiger partial charge in [0.05, 0.1) is 22.3 Å². The molecule has 0 aliphatic heterocycles. The van der Waals surface area contributed by atoms with E-state index in [0.29, 0.717) is 6.42 Å². The molecule has 1 unspecified atom stereocenters. The lowest BCUT2D eigenvalue weighted by Gasteiger charge is -2.13. The smallest absolute Gasteiger partial charge is 0.0723 e. The van der Waals surface area contributed by atoms with E-state index >= 15 is 0 Å². The Morgan fingerprint density at radius 3 is 2.86 bits per heavy atom. The van der Waals surface area contributed by atoms with Crippen molar-refractivity contribution in [1.82, 2.24) is 15.2 Å². The quantitative estimate of drug-likeness (QED) is 0.558. The van der Waals surface area contributed by atoms with Gasteiger partial charge in [-0.05, 0) is 24.4 Å². The number of thiophene rings is 1. The van der Waals surface area contributed by atoms with E-state index in [9.17, 15) is 0 Å². The summed E-state index contributed by atoms with van der Waals surface area (Å²) in [5, 5.41) is 8.62. The molecule has 3 aromatic rings. The molecule has 1 aromatic carbocycles. The number of nitrogens with zero attached hydrogens (tertiary/aromatic N) is 2. The van der Waals surface area contributed by atoms with Gasteiger partial charge in [0.1, 0.15) is 0 Å². The highest BCUT2D eigenvalue weighted by atomic mass is 35.5. The number of benzene rings is 1. The van der Waals surface area contributed by atoms with E-state index in [1.807, 2.05) is 28.3 Å². The normalized spacial score (nSPS) is 12.9. The minimum Gasteiger partial charge on any atom is -0.271 e. The number of hydrazine groups is 1. The van der Waals surface area contributed by atoms with Crippen LogP contribution in [-0.2, 0) is 13.0 Å². The highest BCUT2D eigenvalue weighted by Crippen LogP contribution is 2.31. The molecule has 2 heterocycles. The van der Waals surface area contributed by atoms with Crippen molar-refractivity contribution in [3.63, 3.8) is 0 Å². The van der Waals surface area contributed by atoms with Crippen molar-refractivity contribution in [2.75, 3.05) is 0 Å². The molecule has 0 saturated heterocycles. The summed E-state index contributed by atoms with van der Waals surface area (Å²) in [5.41, 5.74) is 5.06. The summed E-state index contributed by atoms with van der Waals surface area (Å²) in [7, 11) is 0. The maximum absolute atomic E-state index is 6.22. The second-order valence-electron chi connectivity index (χ2n) is 4.84. The van der Waals surface area contributed by atoms with E-state index in [4.69, 9.17) is 22.5 Å². The molecule has 0 amide bonds. The van der Waals surface area contributed by atoms with E-state index in [1.54, 1.807) is 11.3 Å². The Labute approximate surface area is 132 Å². The maximum atomic E-state index is 6.22. The predicted molar refractivity (Wildman–Crippen MR) is 88.5 cm³/mol. The molecule has 0 aliphatic rings. The van der Waals surface area contributed by atoms with Crippen molar-refractivity contribution in [1.29, 1.82) is 0 Å².